The van der Waals surface area contributed by atoms with Gasteiger partial charge in [0.05, 0.1) is 16.4 Å². The molecule has 0 atom stereocenters. The SMILES string of the molecule is Cc1c(C(=O)CCCOCCC23CC4CC(CC(C4)C2)C3)nn(-c2ccc(Cl)cc2Cl)c1-c1ccc(Cl)cc1. The highest BCUT2D eigenvalue weighted by molar-refractivity contribution is 6.35. The highest BCUT2D eigenvalue weighted by Gasteiger charge is 2.50. The number of Topliss-reactive ketones (excluding diaryl/α,β-unsaturated/α-hetero) is 1. The van der Waals surface area contributed by atoms with E-state index in [1.54, 1.807) is 16.8 Å². The quantitative estimate of drug-likeness (QED) is 0.176. The van der Waals surface area contributed by atoms with Gasteiger partial charge in [-0.15, -0.1) is 0 Å². The van der Waals surface area contributed by atoms with E-state index in [0.717, 1.165) is 41.2 Å². The number of carbonyl (C=O) groups excluding carboxylic acids is 1. The second kappa shape index (κ2) is 11.2. The average molecular weight is 586 g/mol. The number of hydrogen-bond donors (Lipinski definition) is 0. The average Bonchev–Trinajstić information content (AvgIpc) is 3.22. The molecule has 0 saturated heterocycles. The summed E-state index contributed by atoms with van der Waals surface area (Å²) in [4.78, 5) is 13.3. The molecular weight excluding hydrogens is 551 g/mol. The van der Waals surface area contributed by atoms with Crippen molar-refractivity contribution in [3.05, 3.63) is 68.8 Å². The molecule has 0 aliphatic heterocycles. The van der Waals surface area contributed by atoms with Crippen molar-refractivity contribution in [2.75, 3.05) is 13.2 Å². The van der Waals surface area contributed by atoms with Gasteiger partial charge in [0.25, 0.3) is 0 Å². The lowest BCUT2D eigenvalue weighted by Crippen LogP contribution is -2.46. The molecule has 0 N–H and O–H groups in total. The molecule has 4 nitrogen and oxygen atoms in total. The Morgan fingerprint density at radius 1 is 0.949 bits per heavy atom. The Kier molecular flexibility index (Phi) is 7.85. The van der Waals surface area contributed by atoms with E-state index in [-0.39, 0.29) is 5.78 Å². The number of ketones is 1. The lowest BCUT2D eigenvalue weighted by Gasteiger charge is -2.57. The predicted molar refractivity (Wildman–Crippen MR) is 158 cm³/mol. The van der Waals surface area contributed by atoms with Crippen LogP contribution in [0.5, 0.6) is 0 Å². The summed E-state index contributed by atoms with van der Waals surface area (Å²) in [5.74, 6) is 2.92. The molecule has 4 fully saturated rings. The molecule has 4 saturated carbocycles. The minimum atomic E-state index is 0.0104. The molecule has 4 aliphatic carbocycles. The lowest BCUT2D eigenvalue weighted by molar-refractivity contribution is -0.0689. The van der Waals surface area contributed by atoms with Crippen LogP contribution in [0, 0.1) is 30.1 Å². The van der Waals surface area contributed by atoms with Crippen LogP contribution in [-0.4, -0.2) is 28.8 Å². The second-order valence-corrected chi connectivity index (χ2v) is 13.4. The number of aromatic nitrogens is 2. The van der Waals surface area contributed by atoms with Crippen molar-refractivity contribution in [2.24, 2.45) is 23.2 Å². The Labute approximate surface area is 246 Å². The van der Waals surface area contributed by atoms with Crippen molar-refractivity contribution in [2.45, 2.75) is 64.7 Å². The summed E-state index contributed by atoms with van der Waals surface area (Å²) < 4.78 is 7.82. The number of nitrogens with zero attached hydrogens (tertiary/aromatic N) is 2. The van der Waals surface area contributed by atoms with Crippen molar-refractivity contribution in [3.8, 4) is 16.9 Å². The van der Waals surface area contributed by atoms with Crippen molar-refractivity contribution >= 4 is 40.6 Å². The molecule has 3 aromatic rings. The normalized spacial score (nSPS) is 25.4. The number of ether oxygens (including phenoxy) is 1. The first kappa shape index (κ1) is 27.3. The van der Waals surface area contributed by atoms with Crippen molar-refractivity contribution < 1.29 is 9.53 Å². The zero-order valence-electron chi connectivity index (χ0n) is 22.4. The zero-order valence-corrected chi connectivity index (χ0v) is 24.7. The molecule has 4 bridgehead atoms. The van der Waals surface area contributed by atoms with Gasteiger partial charge in [-0.3, -0.25) is 4.79 Å². The number of hydrogen-bond acceptors (Lipinski definition) is 3. The van der Waals surface area contributed by atoms with Gasteiger partial charge in [-0.1, -0.05) is 46.9 Å². The maximum Gasteiger partial charge on any atom is 0.183 e. The van der Waals surface area contributed by atoms with Gasteiger partial charge in [-0.05, 0) is 112 Å². The zero-order chi connectivity index (χ0) is 27.1. The van der Waals surface area contributed by atoms with E-state index in [9.17, 15) is 4.79 Å². The summed E-state index contributed by atoms with van der Waals surface area (Å²) >= 11 is 18.8. The van der Waals surface area contributed by atoms with E-state index >= 15 is 0 Å². The van der Waals surface area contributed by atoms with Crippen LogP contribution in [0.3, 0.4) is 0 Å². The van der Waals surface area contributed by atoms with E-state index in [1.165, 1.54) is 44.9 Å². The monoisotopic (exact) mass is 584 g/mol. The van der Waals surface area contributed by atoms with Crippen LogP contribution in [0.1, 0.15) is 73.8 Å². The van der Waals surface area contributed by atoms with Crippen molar-refractivity contribution in [1.29, 1.82) is 0 Å². The molecule has 39 heavy (non-hydrogen) atoms. The summed E-state index contributed by atoms with van der Waals surface area (Å²) in [6.45, 7) is 3.35. The maximum atomic E-state index is 13.3. The fourth-order valence-electron chi connectivity index (χ4n) is 7.97. The largest absolute Gasteiger partial charge is 0.381 e. The number of benzene rings is 2. The Hall–Kier alpha value is -1.85. The Morgan fingerprint density at radius 3 is 2.23 bits per heavy atom. The number of carbonyl (C=O) groups is 1. The van der Waals surface area contributed by atoms with E-state index in [0.29, 0.717) is 51.3 Å². The van der Waals surface area contributed by atoms with Gasteiger partial charge in [0, 0.05) is 40.8 Å². The number of halogens is 3. The molecule has 4 aliphatic rings. The molecule has 1 aromatic heterocycles. The molecule has 7 rings (SSSR count). The van der Waals surface area contributed by atoms with E-state index in [1.807, 2.05) is 37.3 Å². The summed E-state index contributed by atoms with van der Waals surface area (Å²) in [5.41, 5.74) is 4.19. The Morgan fingerprint density at radius 2 is 1.59 bits per heavy atom. The molecule has 2 aromatic carbocycles. The fraction of sp³-hybridized carbons (Fsp3) is 0.500. The van der Waals surface area contributed by atoms with Gasteiger partial charge in [0.15, 0.2) is 5.78 Å². The third kappa shape index (κ3) is 5.68. The molecule has 206 valence electrons. The topological polar surface area (TPSA) is 44.1 Å². The van der Waals surface area contributed by atoms with E-state index in [2.05, 4.69) is 0 Å². The van der Waals surface area contributed by atoms with Crippen molar-refractivity contribution in [3.63, 3.8) is 0 Å². The minimum absolute atomic E-state index is 0.0104. The molecule has 0 spiro atoms. The van der Waals surface area contributed by atoms with Gasteiger partial charge < -0.3 is 4.74 Å². The minimum Gasteiger partial charge on any atom is -0.381 e. The summed E-state index contributed by atoms with van der Waals surface area (Å²) in [7, 11) is 0. The maximum absolute atomic E-state index is 13.3. The third-order valence-corrected chi connectivity index (χ3v) is 10.1. The van der Waals surface area contributed by atoms with Gasteiger partial charge in [0.1, 0.15) is 5.69 Å². The third-order valence-electron chi connectivity index (χ3n) is 9.28. The van der Waals surface area contributed by atoms with E-state index < -0.39 is 0 Å². The highest BCUT2D eigenvalue weighted by Crippen LogP contribution is 2.61. The molecular formula is C32H35Cl3N2O2. The van der Waals surface area contributed by atoms with E-state index in [4.69, 9.17) is 44.6 Å². The Balaban J connectivity index is 1.11. The lowest BCUT2D eigenvalue weighted by atomic mass is 9.49. The predicted octanol–water partition coefficient (Wildman–Crippen LogP) is 9.39. The molecule has 0 amide bonds. The van der Waals surface area contributed by atoms with Gasteiger partial charge in [-0.25, -0.2) is 4.68 Å². The molecule has 1 heterocycles. The van der Waals surface area contributed by atoms with Gasteiger partial charge in [-0.2, -0.15) is 5.10 Å². The standard InChI is InChI=1S/C32H35Cl3N2O2/c1-20-30(29(38)3-2-11-39-12-10-32-17-21-13-22(18-32)15-23(14-21)19-32)36-37(28-9-8-26(34)16-27(28)35)31(20)24-4-6-25(33)7-5-24/h4-9,16,21-23H,2-3,10-15,17-19H2,1H3. The van der Waals surface area contributed by atoms with Crippen LogP contribution in [-0.2, 0) is 4.74 Å². The first-order valence-electron chi connectivity index (χ1n) is 14.2. The molecule has 7 heteroatoms. The highest BCUT2D eigenvalue weighted by atomic mass is 35.5. The fourth-order valence-corrected chi connectivity index (χ4v) is 8.59. The molecule has 0 unspecified atom stereocenters. The van der Waals surface area contributed by atoms with Gasteiger partial charge >= 0.3 is 0 Å². The van der Waals surface area contributed by atoms with Crippen LogP contribution in [0.4, 0.5) is 0 Å². The first-order valence-corrected chi connectivity index (χ1v) is 15.4. The van der Waals surface area contributed by atoms with Crippen molar-refractivity contribution in [1.82, 2.24) is 9.78 Å². The van der Waals surface area contributed by atoms with Crippen LogP contribution in [0.15, 0.2) is 42.5 Å². The van der Waals surface area contributed by atoms with Crippen LogP contribution in [0.25, 0.3) is 16.9 Å². The first-order chi connectivity index (χ1) is 18.8. The Bertz CT molecular complexity index is 1330. The number of rotatable bonds is 10. The molecule has 0 radical (unpaired) electrons. The summed E-state index contributed by atoms with van der Waals surface area (Å²) in [6.07, 6.45) is 10.9. The smallest absolute Gasteiger partial charge is 0.183 e. The van der Waals surface area contributed by atoms with Crippen LogP contribution in [0.2, 0.25) is 15.1 Å². The summed E-state index contributed by atoms with van der Waals surface area (Å²) in [6, 6.07) is 12.8. The van der Waals surface area contributed by atoms with Crippen LogP contribution < -0.4 is 0 Å². The second-order valence-electron chi connectivity index (χ2n) is 12.1. The van der Waals surface area contributed by atoms with Crippen LogP contribution >= 0.6 is 34.8 Å². The summed E-state index contributed by atoms with van der Waals surface area (Å²) in [5, 5.41) is 6.41. The van der Waals surface area contributed by atoms with Gasteiger partial charge in [0.2, 0.25) is 0 Å².